The molecule has 0 heterocycles. The Balaban J connectivity index is 1.77. The molecule has 0 aliphatic rings. The summed E-state index contributed by atoms with van der Waals surface area (Å²) in [5, 5.41) is 11.7. The molecule has 8 heteroatoms. The third-order valence-electron chi connectivity index (χ3n) is 3.85. The summed E-state index contributed by atoms with van der Waals surface area (Å²) in [5.41, 5.74) is 1.50. The van der Waals surface area contributed by atoms with E-state index >= 15 is 0 Å². The van der Waals surface area contributed by atoms with Crippen molar-refractivity contribution in [2.45, 2.75) is 24.8 Å². The van der Waals surface area contributed by atoms with E-state index in [1.807, 2.05) is 18.2 Å². The van der Waals surface area contributed by atoms with Gasteiger partial charge in [0.05, 0.1) is 7.11 Å². The van der Waals surface area contributed by atoms with E-state index in [1.165, 1.54) is 31.0 Å². The molecule has 6 nitrogen and oxygen atoms in total. The van der Waals surface area contributed by atoms with Gasteiger partial charge in [0.2, 0.25) is 0 Å². The monoisotopic (exact) mass is 407 g/mol. The Kier molecular flexibility index (Phi) is 8.61. The first-order chi connectivity index (χ1) is 13.5. The van der Waals surface area contributed by atoms with Crippen molar-refractivity contribution >= 4 is 23.8 Å². The van der Waals surface area contributed by atoms with Crippen LogP contribution < -0.4 is 10.1 Å². The molecular weight excluding hydrogens is 385 g/mol. The molecule has 0 aliphatic carbocycles. The molecule has 2 N–H and O–H groups in total. The van der Waals surface area contributed by atoms with Crippen molar-refractivity contribution in [1.29, 1.82) is 0 Å². The molecule has 2 aromatic rings. The average molecular weight is 407 g/mol. The molecule has 1 unspecified atom stereocenters. The van der Waals surface area contributed by atoms with E-state index in [9.17, 15) is 19.1 Å². The highest BCUT2D eigenvalue weighted by atomic mass is 32.2. The fourth-order valence-corrected chi connectivity index (χ4v) is 3.40. The van der Waals surface area contributed by atoms with Crippen LogP contribution >= 0.6 is 11.8 Å². The SMILES string of the molecule is COc1ccc(F)cc1CSCCC(NC(=O)OCc1ccccc1)C(=O)O. The lowest BCUT2D eigenvalue weighted by molar-refractivity contribution is -0.139. The number of alkyl carbamates (subject to hydrolysis) is 1. The second-order valence-electron chi connectivity index (χ2n) is 5.89. The number of rotatable bonds is 10. The molecule has 28 heavy (non-hydrogen) atoms. The van der Waals surface area contributed by atoms with E-state index in [0.717, 1.165) is 5.56 Å². The molecule has 1 amide bonds. The topological polar surface area (TPSA) is 84.9 Å². The van der Waals surface area contributed by atoms with E-state index in [4.69, 9.17) is 9.47 Å². The van der Waals surface area contributed by atoms with Crippen LogP contribution in [0.15, 0.2) is 48.5 Å². The summed E-state index contributed by atoms with van der Waals surface area (Å²) in [6.45, 7) is 0.0626. The van der Waals surface area contributed by atoms with Crippen LogP contribution in [0.1, 0.15) is 17.5 Å². The zero-order valence-corrected chi connectivity index (χ0v) is 16.2. The lowest BCUT2D eigenvalue weighted by Gasteiger charge is -2.15. The zero-order valence-electron chi connectivity index (χ0n) is 15.4. The summed E-state index contributed by atoms with van der Waals surface area (Å²) in [6, 6.07) is 12.3. The average Bonchev–Trinajstić information content (AvgIpc) is 2.69. The number of nitrogens with one attached hydrogen (secondary N) is 1. The first kappa shape index (κ1) is 21.6. The van der Waals surface area contributed by atoms with E-state index in [2.05, 4.69) is 5.32 Å². The molecule has 0 bridgehead atoms. The summed E-state index contributed by atoms with van der Waals surface area (Å²) in [5.74, 6) is -0.00374. The lowest BCUT2D eigenvalue weighted by Crippen LogP contribution is -2.41. The predicted octanol–water partition coefficient (Wildman–Crippen LogP) is 3.84. The molecule has 1 atom stereocenters. The maximum absolute atomic E-state index is 13.4. The molecule has 0 saturated heterocycles. The van der Waals surface area contributed by atoms with Crippen molar-refractivity contribution in [2.24, 2.45) is 0 Å². The molecule has 0 fully saturated rings. The number of carbonyl (C=O) groups excluding carboxylic acids is 1. The quantitative estimate of drug-likeness (QED) is 0.582. The fourth-order valence-electron chi connectivity index (χ4n) is 2.41. The summed E-state index contributed by atoms with van der Waals surface area (Å²) < 4.78 is 23.6. The summed E-state index contributed by atoms with van der Waals surface area (Å²) in [4.78, 5) is 23.2. The number of carboxylic acids is 1. The summed E-state index contributed by atoms with van der Waals surface area (Å²) in [7, 11) is 1.51. The smallest absolute Gasteiger partial charge is 0.408 e. The first-order valence-corrected chi connectivity index (χ1v) is 9.75. The molecule has 0 spiro atoms. The Hall–Kier alpha value is -2.74. The van der Waals surface area contributed by atoms with Crippen LogP contribution in [0.4, 0.5) is 9.18 Å². The number of carboxylic acid groups (broad SMARTS) is 1. The highest BCUT2D eigenvalue weighted by molar-refractivity contribution is 7.98. The van der Waals surface area contributed by atoms with Crippen molar-refractivity contribution in [3.8, 4) is 5.75 Å². The van der Waals surface area contributed by atoms with Crippen LogP contribution in [0.5, 0.6) is 5.75 Å². The van der Waals surface area contributed by atoms with Gasteiger partial charge in [-0.25, -0.2) is 14.0 Å². The van der Waals surface area contributed by atoms with Gasteiger partial charge in [-0.15, -0.1) is 0 Å². The molecule has 2 rings (SSSR count). The largest absolute Gasteiger partial charge is 0.496 e. The van der Waals surface area contributed by atoms with Crippen LogP contribution in [0.25, 0.3) is 0 Å². The standard InChI is InChI=1S/C20H22FNO5S/c1-26-18-8-7-16(21)11-15(18)13-28-10-9-17(19(23)24)22-20(25)27-12-14-5-3-2-4-6-14/h2-8,11,17H,9-10,12-13H2,1H3,(H,22,25)(H,23,24). The second kappa shape index (κ2) is 11.2. The van der Waals surface area contributed by atoms with Gasteiger partial charge in [-0.1, -0.05) is 30.3 Å². The number of benzene rings is 2. The van der Waals surface area contributed by atoms with Crippen molar-refractivity contribution in [3.63, 3.8) is 0 Å². The number of aliphatic carboxylic acids is 1. The van der Waals surface area contributed by atoms with E-state index in [0.29, 0.717) is 22.8 Å². The van der Waals surface area contributed by atoms with Gasteiger partial charge in [0.1, 0.15) is 24.2 Å². The van der Waals surface area contributed by atoms with Crippen molar-refractivity contribution in [1.82, 2.24) is 5.32 Å². The van der Waals surface area contributed by atoms with Crippen molar-refractivity contribution < 1.29 is 28.6 Å². The maximum Gasteiger partial charge on any atom is 0.408 e. The third-order valence-corrected chi connectivity index (χ3v) is 4.89. The van der Waals surface area contributed by atoms with Gasteiger partial charge >= 0.3 is 12.1 Å². The Bertz CT molecular complexity index is 787. The van der Waals surface area contributed by atoms with Gasteiger partial charge in [-0.2, -0.15) is 11.8 Å². The minimum absolute atomic E-state index is 0.0626. The van der Waals surface area contributed by atoms with E-state index in [-0.39, 0.29) is 18.8 Å². The van der Waals surface area contributed by atoms with Crippen LogP contribution in [0.3, 0.4) is 0 Å². The predicted molar refractivity (Wildman–Crippen MR) is 105 cm³/mol. The Morgan fingerprint density at radius 3 is 2.64 bits per heavy atom. The van der Waals surface area contributed by atoms with Gasteiger partial charge in [0.25, 0.3) is 0 Å². The molecular formula is C20H22FNO5S. The van der Waals surface area contributed by atoms with Gasteiger partial charge in [-0.05, 0) is 35.9 Å². The molecule has 0 aliphatic heterocycles. The molecule has 0 saturated carbocycles. The Labute approximate surface area is 167 Å². The highest BCUT2D eigenvalue weighted by Crippen LogP contribution is 2.24. The number of amides is 1. The van der Waals surface area contributed by atoms with Crippen molar-refractivity contribution in [2.75, 3.05) is 12.9 Å². The van der Waals surface area contributed by atoms with Gasteiger partial charge in [-0.3, -0.25) is 0 Å². The number of halogens is 1. The minimum atomic E-state index is -1.14. The summed E-state index contributed by atoms with van der Waals surface area (Å²) in [6.07, 6.45) is -0.578. The molecule has 0 aromatic heterocycles. The molecule has 2 aromatic carbocycles. The maximum atomic E-state index is 13.4. The number of hydrogen-bond donors (Lipinski definition) is 2. The van der Waals surface area contributed by atoms with E-state index < -0.39 is 18.1 Å². The lowest BCUT2D eigenvalue weighted by atomic mass is 10.2. The van der Waals surface area contributed by atoms with Crippen LogP contribution in [-0.2, 0) is 21.9 Å². The Morgan fingerprint density at radius 2 is 1.96 bits per heavy atom. The fraction of sp³-hybridized carbons (Fsp3) is 0.300. The second-order valence-corrected chi connectivity index (χ2v) is 7.00. The molecule has 150 valence electrons. The highest BCUT2D eigenvalue weighted by Gasteiger charge is 2.20. The van der Waals surface area contributed by atoms with Crippen molar-refractivity contribution in [3.05, 3.63) is 65.5 Å². The number of hydrogen-bond acceptors (Lipinski definition) is 5. The summed E-state index contributed by atoms with van der Waals surface area (Å²) >= 11 is 1.43. The van der Waals surface area contributed by atoms with E-state index in [1.54, 1.807) is 18.2 Å². The minimum Gasteiger partial charge on any atom is -0.496 e. The van der Waals surface area contributed by atoms with Crippen LogP contribution in [0.2, 0.25) is 0 Å². The van der Waals surface area contributed by atoms with Gasteiger partial charge in [0.15, 0.2) is 0 Å². The Morgan fingerprint density at radius 1 is 1.21 bits per heavy atom. The first-order valence-electron chi connectivity index (χ1n) is 8.59. The third kappa shape index (κ3) is 7.11. The number of carbonyl (C=O) groups is 2. The number of ether oxygens (including phenoxy) is 2. The van der Waals surface area contributed by atoms with Crippen LogP contribution in [-0.4, -0.2) is 36.1 Å². The van der Waals surface area contributed by atoms with Gasteiger partial charge < -0.3 is 19.9 Å². The zero-order chi connectivity index (χ0) is 20.4. The molecule has 0 radical (unpaired) electrons. The number of thioether (sulfide) groups is 1. The number of methoxy groups -OCH3 is 1. The van der Waals surface area contributed by atoms with Gasteiger partial charge in [0, 0.05) is 11.3 Å². The van der Waals surface area contributed by atoms with Crippen LogP contribution in [0, 0.1) is 5.82 Å². The normalized spacial score (nSPS) is 11.5.